The quantitative estimate of drug-likeness (QED) is 0.104. The summed E-state index contributed by atoms with van der Waals surface area (Å²) in [7, 11) is 0. The molecule has 1 saturated heterocycles. The monoisotopic (exact) mass is 714 g/mol. The molecule has 12 nitrogen and oxygen atoms in total. The van der Waals surface area contributed by atoms with Crippen molar-refractivity contribution in [3.05, 3.63) is 64.0 Å². The highest BCUT2D eigenvalue weighted by atomic mass is 35.5. The second-order valence-electron chi connectivity index (χ2n) is 10.00. The summed E-state index contributed by atoms with van der Waals surface area (Å²) in [5.41, 5.74) is 6.39. The van der Waals surface area contributed by atoms with Crippen LogP contribution in [0.4, 0.5) is 0 Å². The average molecular weight is 716 g/mol. The number of benzene rings is 1. The summed E-state index contributed by atoms with van der Waals surface area (Å²) in [4.78, 5) is 63.0. The topological polar surface area (TPSA) is 183 Å². The van der Waals surface area contributed by atoms with E-state index in [1.165, 1.54) is 40.2 Å². The van der Waals surface area contributed by atoms with Crippen molar-refractivity contribution in [2.75, 3.05) is 23.8 Å². The zero-order chi connectivity index (χ0) is 32.7. The fourth-order valence-corrected chi connectivity index (χ4v) is 8.19. The number of carbonyl (C=O) groups excluding carboxylic acids is 3. The summed E-state index contributed by atoms with van der Waals surface area (Å²) in [6, 6.07) is 7.10. The number of carbonyl (C=O) groups is 5. The molecule has 3 atom stereocenters. The molecule has 0 spiro atoms. The molecule has 1 aromatic carbocycles. The third-order valence-corrected chi connectivity index (χ3v) is 10.9. The summed E-state index contributed by atoms with van der Waals surface area (Å²) >= 11 is 16.2. The fourth-order valence-electron chi connectivity index (χ4n) is 4.52. The number of fused-ring (bicyclic) bond motifs is 1. The van der Waals surface area contributed by atoms with Crippen molar-refractivity contribution in [3.63, 3.8) is 0 Å². The SMILES string of the molecule is N[C@@H](CCC[n+]1ccc(SCC2=C(C(=O)O)N3C(=O)[C@H](NC(=O)CSc4cc(Cl)ccc4Cl)[C@H]3SC2)cc1)C(=O)NCC(=O)O. The number of β-lactam (4-membered cyclic amide) rings is 1. The zero-order valence-corrected chi connectivity index (χ0v) is 27.6. The first kappa shape index (κ1) is 34.9. The summed E-state index contributed by atoms with van der Waals surface area (Å²) < 4.78 is 1.92. The minimum Gasteiger partial charge on any atom is -0.480 e. The van der Waals surface area contributed by atoms with E-state index >= 15 is 0 Å². The maximum absolute atomic E-state index is 13.0. The molecule has 0 unspecified atom stereocenters. The number of aliphatic carboxylic acids is 2. The lowest BCUT2D eigenvalue weighted by molar-refractivity contribution is -0.697. The number of nitrogens with one attached hydrogen (secondary N) is 2. The Bertz CT molecular complexity index is 1510. The molecule has 240 valence electrons. The van der Waals surface area contributed by atoms with Gasteiger partial charge >= 0.3 is 11.9 Å². The van der Waals surface area contributed by atoms with E-state index in [-0.39, 0.29) is 17.4 Å². The van der Waals surface area contributed by atoms with E-state index in [2.05, 4.69) is 10.6 Å². The molecule has 3 amide bonds. The average Bonchev–Trinajstić information content (AvgIpc) is 3.01. The normalized spacial score (nSPS) is 18.1. The molecule has 2 aromatic rings. The van der Waals surface area contributed by atoms with Crippen molar-refractivity contribution in [1.29, 1.82) is 0 Å². The van der Waals surface area contributed by atoms with E-state index < -0.39 is 47.8 Å². The van der Waals surface area contributed by atoms with Gasteiger partial charge in [0.1, 0.15) is 30.2 Å². The van der Waals surface area contributed by atoms with Crippen LogP contribution < -0.4 is 20.9 Å². The van der Waals surface area contributed by atoms with E-state index in [4.69, 9.17) is 34.0 Å². The van der Waals surface area contributed by atoms with Crippen molar-refractivity contribution in [3.8, 4) is 0 Å². The van der Waals surface area contributed by atoms with Crippen LogP contribution in [-0.4, -0.2) is 86.0 Å². The van der Waals surface area contributed by atoms with E-state index in [1.54, 1.807) is 18.2 Å². The first-order valence-corrected chi connectivity index (χ1v) is 17.4. The Labute approximate surface area is 281 Å². The minimum absolute atomic E-state index is 0.0150. The molecule has 1 aromatic heterocycles. The van der Waals surface area contributed by atoms with Crippen molar-refractivity contribution >= 4 is 88.1 Å². The number of nitrogens with zero attached hydrogens (tertiary/aromatic N) is 2. The Kier molecular flexibility index (Phi) is 12.5. The van der Waals surface area contributed by atoms with Gasteiger partial charge in [0.25, 0.3) is 5.91 Å². The van der Waals surface area contributed by atoms with Gasteiger partial charge in [-0.05, 0) is 30.2 Å². The second kappa shape index (κ2) is 16.1. The second-order valence-corrected chi connectivity index (χ2v) is 14.0. The number of aromatic nitrogens is 1. The molecular formula is C28H30Cl2N5O7S3+. The predicted molar refractivity (Wildman–Crippen MR) is 172 cm³/mol. The zero-order valence-electron chi connectivity index (χ0n) is 23.6. The van der Waals surface area contributed by atoms with Crippen LogP contribution in [0, 0.1) is 0 Å². The summed E-state index contributed by atoms with van der Waals surface area (Å²) in [6.07, 6.45) is 4.71. The van der Waals surface area contributed by atoms with Crippen molar-refractivity contribution in [2.24, 2.45) is 5.73 Å². The molecule has 45 heavy (non-hydrogen) atoms. The standard InChI is InChI=1S/C28H29Cl2N5O7S3/c29-16-3-4-18(30)20(10-16)44-14-21(36)33-23-26(40)35-24(28(41)42)15(13-45-27(23)35)12-43-17-5-8-34(9-6-17)7-1-2-19(31)25(39)32-11-22(37)38/h3-6,8-10,19,23,27H,1-2,7,11-14,31H2,(H3-,32,33,36,37,38,39,41,42)/p+1/t19-,23-,27+/m0/s1. The third kappa shape index (κ3) is 9.30. The summed E-state index contributed by atoms with van der Waals surface area (Å²) in [6.45, 7) is 0.124. The Balaban J connectivity index is 1.26. The number of carboxylic acids is 2. The molecule has 0 saturated carbocycles. The van der Waals surface area contributed by atoms with Gasteiger partial charge in [-0.15, -0.1) is 35.3 Å². The largest absolute Gasteiger partial charge is 0.480 e. The van der Waals surface area contributed by atoms with Crippen LogP contribution in [0.1, 0.15) is 12.8 Å². The molecule has 0 bridgehead atoms. The van der Waals surface area contributed by atoms with Crippen LogP contribution in [0.2, 0.25) is 10.0 Å². The lowest BCUT2D eigenvalue weighted by Gasteiger charge is -2.49. The van der Waals surface area contributed by atoms with Gasteiger partial charge in [0.2, 0.25) is 11.8 Å². The van der Waals surface area contributed by atoms with Crippen molar-refractivity contribution in [1.82, 2.24) is 15.5 Å². The minimum atomic E-state index is -1.19. The molecule has 6 N–H and O–H groups in total. The van der Waals surface area contributed by atoms with Gasteiger partial charge in [0.05, 0.1) is 16.8 Å². The van der Waals surface area contributed by atoms with Gasteiger partial charge in [0, 0.05) is 44.9 Å². The molecule has 17 heteroatoms. The first-order chi connectivity index (χ1) is 21.4. The Hall–Kier alpha value is -2.95. The number of rotatable bonds is 15. The number of aryl methyl sites for hydroxylation is 1. The number of amides is 3. The third-order valence-electron chi connectivity index (χ3n) is 6.77. The van der Waals surface area contributed by atoms with Gasteiger partial charge in [-0.25, -0.2) is 9.36 Å². The van der Waals surface area contributed by atoms with Crippen LogP contribution in [0.3, 0.4) is 0 Å². The van der Waals surface area contributed by atoms with Gasteiger partial charge in [-0.3, -0.25) is 24.1 Å². The molecule has 2 aliphatic rings. The number of halogens is 2. The van der Waals surface area contributed by atoms with Crippen LogP contribution in [0.5, 0.6) is 0 Å². The number of pyridine rings is 1. The van der Waals surface area contributed by atoms with Gasteiger partial charge in [-0.2, -0.15) is 0 Å². The molecular weight excluding hydrogens is 685 g/mol. The van der Waals surface area contributed by atoms with Crippen LogP contribution in [0.25, 0.3) is 0 Å². The number of thioether (sulfide) groups is 3. The molecule has 1 fully saturated rings. The smallest absolute Gasteiger partial charge is 0.352 e. The lowest BCUT2D eigenvalue weighted by atomic mass is 10.0. The highest BCUT2D eigenvalue weighted by Gasteiger charge is 2.54. The van der Waals surface area contributed by atoms with E-state index in [0.717, 1.165) is 4.90 Å². The Morgan fingerprint density at radius 2 is 1.87 bits per heavy atom. The van der Waals surface area contributed by atoms with E-state index in [0.29, 0.717) is 51.4 Å². The highest BCUT2D eigenvalue weighted by Crippen LogP contribution is 2.41. The Morgan fingerprint density at radius 1 is 1.13 bits per heavy atom. The number of carboxylic acid groups (broad SMARTS) is 2. The molecule has 2 aliphatic heterocycles. The molecule has 0 radical (unpaired) electrons. The molecule has 3 heterocycles. The van der Waals surface area contributed by atoms with Crippen LogP contribution in [-0.2, 0) is 30.5 Å². The summed E-state index contributed by atoms with van der Waals surface area (Å²) in [5, 5.41) is 24.0. The highest BCUT2D eigenvalue weighted by molar-refractivity contribution is 8.01. The Morgan fingerprint density at radius 3 is 2.56 bits per heavy atom. The summed E-state index contributed by atoms with van der Waals surface area (Å²) in [5.74, 6) is -2.90. The number of hydrogen-bond acceptors (Lipinski definition) is 9. The maximum atomic E-state index is 13.0. The van der Waals surface area contributed by atoms with Gasteiger partial charge in [-0.1, -0.05) is 23.2 Å². The first-order valence-electron chi connectivity index (χ1n) is 13.6. The van der Waals surface area contributed by atoms with Crippen molar-refractivity contribution < 1.29 is 38.8 Å². The van der Waals surface area contributed by atoms with Gasteiger partial charge < -0.3 is 26.6 Å². The van der Waals surface area contributed by atoms with Gasteiger partial charge in [0.15, 0.2) is 12.4 Å². The predicted octanol–water partition coefficient (Wildman–Crippen LogP) is 2.21. The van der Waals surface area contributed by atoms with Crippen LogP contribution in [0.15, 0.2) is 63.8 Å². The fraction of sp³-hybridized carbons (Fsp3) is 0.357. The molecule has 4 rings (SSSR count). The maximum Gasteiger partial charge on any atom is 0.352 e. The van der Waals surface area contributed by atoms with E-state index in [9.17, 15) is 29.1 Å². The van der Waals surface area contributed by atoms with Crippen LogP contribution >= 0.6 is 58.5 Å². The van der Waals surface area contributed by atoms with E-state index in [1.807, 2.05) is 29.1 Å². The number of hydrogen-bond donors (Lipinski definition) is 5. The lowest BCUT2D eigenvalue weighted by Crippen LogP contribution is -2.70. The molecule has 0 aliphatic carbocycles. The van der Waals surface area contributed by atoms with Crippen molar-refractivity contribution in [2.45, 2.75) is 46.6 Å². The number of nitrogens with two attached hydrogens (primary N) is 1.